The fourth-order valence-electron chi connectivity index (χ4n) is 1.66. The van der Waals surface area contributed by atoms with Crippen molar-refractivity contribution in [3.8, 4) is 6.07 Å². The van der Waals surface area contributed by atoms with Crippen LogP contribution in [0.5, 0.6) is 0 Å². The van der Waals surface area contributed by atoms with Crippen LogP contribution in [-0.2, 0) is 6.54 Å². The number of hydrogen-bond acceptors (Lipinski definition) is 4. The molecule has 0 saturated heterocycles. The van der Waals surface area contributed by atoms with Crippen molar-refractivity contribution in [2.45, 2.75) is 12.6 Å². The van der Waals surface area contributed by atoms with Gasteiger partial charge in [-0.3, -0.25) is 0 Å². The number of aliphatic hydroxyl groups is 1. The molecule has 1 heterocycles. The van der Waals surface area contributed by atoms with Gasteiger partial charge in [-0.05, 0) is 17.7 Å². The van der Waals surface area contributed by atoms with Crippen LogP contribution in [0.4, 0.5) is 0 Å². The zero-order chi connectivity index (χ0) is 12.8. The topological polar surface area (TPSA) is 69.2 Å². The van der Waals surface area contributed by atoms with Gasteiger partial charge in [-0.1, -0.05) is 30.3 Å². The molecule has 0 spiro atoms. The number of nitrogens with zero attached hydrogens (tertiary/aromatic N) is 1. The van der Waals surface area contributed by atoms with Crippen LogP contribution >= 0.6 is 0 Å². The van der Waals surface area contributed by atoms with Gasteiger partial charge in [0.05, 0.1) is 12.6 Å². The van der Waals surface area contributed by atoms with Crippen LogP contribution in [-0.4, -0.2) is 11.7 Å². The summed E-state index contributed by atoms with van der Waals surface area (Å²) in [6.07, 6.45) is -0.545. The highest BCUT2D eigenvalue weighted by Gasteiger charge is 2.07. The SMILES string of the molecule is N#Cc1ccc(CNCC(O)c2ccccc2)o1. The summed E-state index contributed by atoms with van der Waals surface area (Å²) in [5, 5.41) is 21.6. The summed E-state index contributed by atoms with van der Waals surface area (Å²) in [6.45, 7) is 0.929. The number of rotatable bonds is 5. The number of benzene rings is 1. The Bertz CT molecular complexity index is 528. The van der Waals surface area contributed by atoms with E-state index in [0.29, 0.717) is 24.6 Å². The van der Waals surface area contributed by atoms with E-state index in [9.17, 15) is 5.11 Å². The summed E-state index contributed by atoms with van der Waals surface area (Å²) in [5.41, 5.74) is 0.877. The fourth-order valence-corrected chi connectivity index (χ4v) is 1.66. The Morgan fingerprint density at radius 3 is 2.67 bits per heavy atom. The van der Waals surface area contributed by atoms with E-state index in [2.05, 4.69) is 5.32 Å². The lowest BCUT2D eigenvalue weighted by atomic mass is 10.1. The molecule has 1 atom stereocenters. The van der Waals surface area contributed by atoms with E-state index in [1.54, 1.807) is 12.1 Å². The van der Waals surface area contributed by atoms with Crippen molar-refractivity contribution in [1.29, 1.82) is 5.26 Å². The van der Waals surface area contributed by atoms with E-state index in [-0.39, 0.29) is 0 Å². The third kappa shape index (κ3) is 3.20. The highest BCUT2D eigenvalue weighted by atomic mass is 16.3. The van der Waals surface area contributed by atoms with Gasteiger partial charge in [-0.15, -0.1) is 0 Å². The second kappa shape index (κ2) is 6.01. The quantitative estimate of drug-likeness (QED) is 0.841. The smallest absolute Gasteiger partial charge is 0.203 e. The van der Waals surface area contributed by atoms with E-state index < -0.39 is 6.10 Å². The minimum absolute atomic E-state index is 0.301. The van der Waals surface area contributed by atoms with E-state index in [1.807, 2.05) is 36.4 Å². The molecule has 4 nitrogen and oxygen atoms in total. The molecule has 18 heavy (non-hydrogen) atoms. The molecular formula is C14H14N2O2. The minimum Gasteiger partial charge on any atom is -0.449 e. The van der Waals surface area contributed by atoms with Gasteiger partial charge in [0, 0.05) is 6.54 Å². The Labute approximate surface area is 105 Å². The van der Waals surface area contributed by atoms with Crippen molar-refractivity contribution >= 4 is 0 Å². The second-order valence-corrected chi connectivity index (χ2v) is 3.94. The predicted molar refractivity (Wildman–Crippen MR) is 66.5 cm³/mol. The summed E-state index contributed by atoms with van der Waals surface area (Å²) >= 11 is 0. The van der Waals surface area contributed by atoms with Gasteiger partial charge in [0.25, 0.3) is 0 Å². The van der Waals surface area contributed by atoms with E-state index in [1.165, 1.54) is 0 Å². The number of hydrogen-bond donors (Lipinski definition) is 2. The first kappa shape index (κ1) is 12.4. The summed E-state index contributed by atoms with van der Waals surface area (Å²) in [6, 6.07) is 14.8. The van der Waals surface area contributed by atoms with Crippen molar-refractivity contribution in [2.75, 3.05) is 6.54 Å². The zero-order valence-electron chi connectivity index (χ0n) is 9.84. The summed E-state index contributed by atoms with van der Waals surface area (Å²) in [7, 11) is 0. The van der Waals surface area contributed by atoms with Gasteiger partial charge in [0.2, 0.25) is 5.76 Å². The van der Waals surface area contributed by atoms with Crippen LogP contribution in [0.3, 0.4) is 0 Å². The lowest BCUT2D eigenvalue weighted by molar-refractivity contribution is 0.173. The van der Waals surface area contributed by atoms with Crippen LogP contribution in [0.25, 0.3) is 0 Å². The maximum atomic E-state index is 9.90. The molecule has 0 aliphatic rings. The highest BCUT2D eigenvalue weighted by molar-refractivity contribution is 5.19. The fraction of sp³-hybridized carbons (Fsp3) is 0.214. The molecule has 0 saturated carbocycles. The maximum absolute atomic E-state index is 9.90. The van der Waals surface area contributed by atoms with Gasteiger partial charge >= 0.3 is 0 Å². The molecule has 0 radical (unpaired) electrons. The molecular weight excluding hydrogens is 228 g/mol. The lowest BCUT2D eigenvalue weighted by Gasteiger charge is -2.11. The standard InChI is InChI=1S/C14H14N2O2/c15-8-12-6-7-13(18-12)9-16-10-14(17)11-4-2-1-3-5-11/h1-7,14,16-17H,9-10H2. The minimum atomic E-state index is -0.545. The van der Waals surface area contributed by atoms with Gasteiger partial charge in [-0.2, -0.15) is 5.26 Å². The van der Waals surface area contributed by atoms with Gasteiger partial charge < -0.3 is 14.8 Å². The van der Waals surface area contributed by atoms with Crippen molar-refractivity contribution in [3.05, 3.63) is 59.5 Å². The first-order chi connectivity index (χ1) is 8.79. The molecule has 92 valence electrons. The Kier molecular flexibility index (Phi) is 4.13. The van der Waals surface area contributed by atoms with E-state index in [0.717, 1.165) is 5.56 Å². The van der Waals surface area contributed by atoms with Crippen LogP contribution in [0, 0.1) is 11.3 Å². The van der Waals surface area contributed by atoms with Crippen molar-refractivity contribution in [1.82, 2.24) is 5.32 Å². The Morgan fingerprint density at radius 1 is 1.22 bits per heavy atom. The Hall–Kier alpha value is -2.09. The van der Waals surface area contributed by atoms with Gasteiger partial charge in [0.1, 0.15) is 11.8 Å². The second-order valence-electron chi connectivity index (χ2n) is 3.94. The Morgan fingerprint density at radius 2 is 2.00 bits per heavy atom. The number of nitrogens with one attached hydrogen (secondary N) is 1. The third-order valence-electron chi connectivity index (χ3n) is 2.59. The zero-order valence-corrected chi connectivity index (χ0v) is 9.84. The normalized spacial score (nSPS) is 12.0. The molecule has 0 amide bonds. The molecule has 0 aliphatic carbocycles. The molecule has 0 aliphatic heterocycles. The monoisotopic (exact) mass is 242 g/mol. The van der Waals surface area contributed by atoms with Crippen molar-refractivity contribution in [3.63, 3.8) is 0 Å². The molecule has 2 aromatic rings. The van der Waals surface area contributed by atoms with Crippen LogP contribution in [0.2, 0.25) is 0 Å². The molecule has 4 heteroatoms. The summed E-state index contributed by atoms with van der Waals surface area (Å²) in [5.74, 6) is 0.988. The van der Waals surface area contributed by atoms with Crippen molar-refractivity contribution < 1.29 is 9.52 Å². The molecule has 2 N–H and O–H groups in total. The summed E-state index contributed by atoms with van der Waals surface area (Å²) in [4.78, 5) is 0. The average molecular weight is 242 g/mol. The first-order valence-electron chi connectivity index (χ1n) is 5.72. The molecule has 1 unspecified atom stereocenters. The van der Waals surface area contributed by atoms with Crippen LogP contribution < -0.4 is 5.32 Å². The molecule has 2 rings (SSSR count). The van der Waals surface area contributed by atoms with Crippen LogP contribution in [0.15, 0.2) is 46.9 Å². The number of aliphatic hydroxyl groups excluding tert-OH is 1. The van der Waals surface area contributed by atoms with Gasteiger partial charge in [-0.25, -0.2) is 0 Å². The van der Waals surface area contributed by atoms with Crippen molar-refractivity contribution in [2.24, 2.45) is 0 Å². The highest BCUT2D eigenvalue weighted by Crippen LogP contribution is 2.11. The molecule has 0 fully saturated rings. The lowest BCUT2D eigenvalue weighted by Crippen LogP contribution is -2.20. The predicted octanol–water partition coefficient (Wildman–Crippen LogP) is 1.97. The van der Waals surface area contributed by atoms with E-state index in [4.69, 9.17) is 9.68 Å². The van der Waals surface area contributed by atoms with E-state index >= 15 is 0 Å². The van der Waals surface area contributed by atoms with Gasteiger partial charge in [0.15, 0.2) is 0 Å². The number of nitriles is 1. The summed E-state index contributed by atoms with van der Waals surface area (Å²) < 4.78 is 5.22. The molecule has 0 bridgehead atoms. The number of furan rings is 1. The Balaban J connectivity index is 1.80. The average Bonchev–Trinajstić information content (AvgIpc) is 2.87. The largest absolute Gasteiger partial charge is 0.449 e. The third-order valence-corrected chi connectivity index (χ3v) is 2.59. The molecule has 1 aromatic carbocycles. The maximum Gasteiger partial charge on any atom is 0.203 e. The first-order valence-corrected chi connectivity index (χ1v) is 5.72. The van der Waals surface area contributed by atoms with Crippen LogP contribution in [0.1, 0.15) is 23.2 Å². The molecule has 1 aromatic heterocycles.